The summed E-state index contributed by atoms with van der Waals surface area (Å²) >= 11 is 0. The standard InChI is InChI=1S/C12H19N8O12P3/c13-10-7-11(16-4-15-10)20(5-17-7)12-9(22)8(21)6(30-12)3-29-34(25,26)32-35(27,28)31-33(23,24)2-1-18-19-14/h4-6,8-9,12,21-22H,1-3H2,(H,23,24)(H,25,26)(H,27,28)(H2,13,15,16)/t6-,8?,9+,12-/m1/s1. The summed E-state index contributed by atoms with van der Waals surface area (Å²) in [6.07, 6.45) is -4.57. The van der Waals surface area contributed by atoms with Gasteiger partial charge >= 0.3 is 23.2 Å². The zero-order valence-electron chi connectivity index (χ0n) is 17.2. The van der Waals surface area contributed by atoms with Gasteiger partial charge in [-0.15, -0.1) is 0 Å². The fourth-order valence-electron chi connectivity index (χ4n) is 2.91. The van der Waals surface area contributed by atoms with E-state index >= 15 is 0 Å². The molecule has 2 aromatic rings. The van der Waals surface area contributed by atoms with Crippen molar-refractivity contribution in [2.75, 3.05) is 25.0 Å². The molecule has 0 aromatic carbocycles. The van der Waals surface area contributed by atoms with Crippen molar-refractivity contribution >= 4 is 40.2 Å². The zero-order valence-corrected chi connectivity index (χ0v) is 19.9. The molecule has 1 aliphatic heterocycles. The number of ether oxygens (including phenoxy) is 1. The summed E-state index contributed by atoms with van der Waals surface area (Å²) in [7, 11) is -15.9. The van der Waals surface area contributed by atoms with Crippen LogP contribution in [-0.2, 0) is 31.6 Å². The molecule has 3 rings (SSSR count). The summed E-state index contributed by atoms with van der Waals surface area (Å²) in [6, 6.07) is 0. The number of aromatic nitrogens is 4. The van der Waals surface area contributed by atoms with Gasteiger partial charge in [-0.05, 0) is 5.53 Å². The van der Waals surface area contributed by atoms with Crippen LogP contribution in [0.1, 0.15) is 6.23 Å². The third kappa shape index (κ3) is 6.81. The Kier molecular flexibility index (Phi) is 8.30. The van der Waals surface area contributed by atoms with Crippen molar-refractivity contribution < 1.29 is 56.5 Å². The van der Waals surface area contributed by atoms with Gasteiger partial charge in [0.25, 0.3) is 0 Å². The number of aliphatic hydroxyl groups excluding tert-OH is 2. The molecule has 2 aromatic heterocycles. The molecule has 23 heteroatoms. The summed E-state index contributed by atoms with van der Waals surface area (Å²) in [6.45, 7) is -1.53. The minimum absolute atomic E-state index is 0.0425. The predicted molar refractivity (Wildman–Crippen MR) is 112 cm³/mol. The number of nitrogens with two attached hydrogens (primary N) is 1. The monoisotopic (exact) mass is 560 g/mol. The summed E-state index contributed by atoms with van der Waals surface area (Å²) in [5.41, 5.74) is 14.2. The number of rotatable bonds is 11. The molecular formula is C12H19N8O12P3. The summed E-state index contributed by atoms with van der Waals surface area (Å²) < 4.78 is 54.8. The van der Waals surface area contributed by atoms with E-state index < -0.39 is 67.1 Å². The third-order valence-corrected chi connectivity index (χ3v) is 9.12. The van der Waals surface area contributed by atoms with Gasteiger partial charge in [0.1, 0.15) is 30.2 Å². The second-order valence-electron chi connectivity index (χ2n) is 6.84. The van der Waals surface area contributed by atoms with Crippen molar-refractivity contribution in [1.29, 1.82) is 0 Å². The number of fused-ring (bicyclic) bond motifs is 1. The van der Waals surface area contributed by atoms with Gasteiger partial charge in [0, 0.05) is 11.5 Å². The van der Waals surface area contributed by atoms with E-state index in [4.69, 9.17) is 16.0 Å². The average molecular weight is 560 g/mol. The van der Waals surface area contributed by atoms with Crippen molar-refractivity contribution in [3.63, 3.8) is 0 Å². The molecule has 0 spiro atoms. The summed E-state index contributed by atoms with van der Waals surface area (Å²) in [5, 5.41) is 23.5. The molecule has 0 aliphatic carbocycles. The highest BCUT2D eigenvalue weighted by Gasteiger charge is 2.47. The number of aliphatic hydroxyl groups is 2. The van der Waals surface area contributed by atoms with Gasteiger partial charge in [-0.25, -0.2) is 28.4 Å². The average Bonchev–Trinajstić information content (AvgIpc) is 3.27. The number of nitrogen functional groups attached to an aromatic ring is 1. The largest absolute Gasteiger partial charge is 0.488 e. The van der Waals surface area contributed by atoms with Crippen LogP contribution in [0.2, 0.25) is 0 Å². The Morgan fingerprint density at radius 3 is 2.54 bits per heavy atom. The van der Waals surface area contributed by atoms with E-state index in [1.807, 2.05) is 0 Å². The minimum Gasteiger partial charge on any atom is -0.387 e. The first kappa shape index (κ1) is 27.6. The van der Waals surface area contributed by atoms with Crippen LogP contribution in [-0.4, -0.2) is 82.0 Å². The molecule has 194 valence electrons. The van der Waals surface area contributed by atoms with Crippen molar-refractivity contribution in [3.8, 4) is 0 Å². The number of nitrogens with zero attached hydrogens (tertiary/aromatic N) is 7. The molecule has 4 unspecified atom stereocenters. The van der Waals surface area contributed by atoms with Gasteiger partial charge in [0.15, 0.2) is 17.7 Å². The van der Waals surface area contributed by atoms with Crippen LogP contribution in [0.25, 0.3) is 21.6 Å². The van der Waals surface area contributed by atoms with E-state index in [-0.39, 0.29) is 17.0 Å². The number of hydrogen-bond acceptors (Lipinski definition) is 14. The molecule has 0 bridgehead atoms. The molecule has 1 aliphatic rings. The van der Waals surface area contributed by atoms with Crippen molar-refractivity contribution in [3.05, 3.63) is 23.1 Å². The maximum atomic E-state index is 12.1. The fraction of sp³-hybridized carbons (Fsp3) is 0.583. The second kappa shape index (κ2) is 10.5. The predicted octanol–water partition coefficient (Wildman–Crippen LogP) is -0.226. The van der Waals surface area contributed by atoms with Gasteiger partial charge < -0.3 is 35.4 Å². The Morgan fingerprint density at radius 2 is 1.86 bits per heavy atom. The molecular weight excluding hydrogens is 541 g/mol. The number of imidazole rings is 1. The molecule has 1 fully saturated rings. The van der Waals surface area contributed by atoms with E-state index in [2.05, 4.69) is 38.1 Å². The number of hydrogen-bond donors (Lipinski definition) is 6. The van der Waals surface area contributed by atoms with Crippen molar-refractivity contribution in [2.45, 2.75) is 24.5 Å². The highest BCUT2D eigenvalue weighted by Crippen LogP contribution is 2.67. The van der Waals surface area contributed by atoms with Crippen LogP contribution in [0.15, 0.2) is 17.8 Å². The molecule has 20 nitrogen and oxygen atoms in total. The van der Waals surface area contributed by atoms with Crippen LogP contribution >= 0.6 is 23.2 Å². The van der Waals surface area contributed by atoms with Gasteiger partial charge in [-0.1, -0.05) is 5.11 Å². The molecule has 1 saturated heterocycles. The first-order valence-electron chi connectivity index (χ1n) is 9.25. The topological polar surface area (TPSA) is 308 Å². The Hall–Kier alpha value is -2.01. The number of azide groups is 1. The van der Waals surface area contributed by atoms with Crippen LogP contribution in [0.4, 0.5) is 5.82 Å². The first-order chi connectivity index (χ1) is 16.3. The zero-order chi connectivity index (χ0) is 26.0. The van der Waals surface area contributed by atoms with Crippen LogP contribution < -0.4 is 5.73 Å². The molecule has 0 saturated carbocycles. The Morgan fingerprint density at radius 1 is 1.14 bits per heavy atom. The lowest BCUT2D eigenvalue weighted by molar-refractivity contribution is -0.0503. The maximum Gasteiger partial charge on any atom is 0.488 e. The van der Waals surface area contributed by atoms with Crippen LogP contribution in [0, 0.1) is 0 Å². The first-order valence-corrected chi connectivity index (χ1v) is 14.0. The lowest BCUT2D eigenvalue weighted by atomic mass is 10.1. The molecule has 7 N–H and O–H groups in total. The Balaban J connectivity index is 1.63. The SMILES string of the molecule is [N-]=[N+]=NCCP(=O)(O)OP(=O)(O)OP(=O)(O)OC[C@H]1O[C@@H](n2cnc3c(N)ncnc32)[C@@H](O)C1O. The fourth-order valence-corrected chi connectivity index (χ4v) is 6.82. The summed E-state index contributed by atoms with van der Waals surface area (Å²) in [4.78, 5) is 42.7. The summed E-state index contributed by atoms with van der Waals surface area (Å²) in [5.74, 6) is 0.0425. The third-order valence-electron chi connectivity index (χ3n) is 4.38. The van der Waals surface area contributed by atoms with Gasteiger partial charge in [-0.2, -0.15) is 4.31 Å². The normalized spacial score (nSPS) is 27.6. The van der Waals surface area contributed by atoms with E-state index in [9.17, 15) is 38.6 Å². The maximum absolute atomic E-state index is 12.1. The van der Waals surface area contributed by atoms with Crippen LogP contribution in [0.5, 0.6) is 0 Å². The number of phosphoric acid groups is 2. The van der Waals surface area contributed by atoms with Gasteiger partial charge in [0.2, 0.25) is 0 Å². The number of anilines is 1. The Labute approximate surface area is 194 Å². The number of phosphoric ester groups is 1. The van der Waals surface area contributed by atoms with Gasteiger partial charge in [-0.3, -0.25) is 13.7 Å². The lowest BCUT2D eigenvalue weighted by Crippen LogP contribution is -2.33. The van der Waals surface area contributed by atoms with E-state index in [0.29, 0.717) is 0 Å². The minimum atomic E-state index is -5.63. The second-order valence-corrected chi connectivity index (χ2v) is 12.0. The highest BCUT2D eigenvalue weighted by molar-refractivity contribution is 7.68. The lowest BCUT2D eigenvalue weighted by Gasteiger charge is -2.20. The molecule has 35 heavy (non-hydrogen) atoms. The molecule has 0 radical (unpaired) electrons. The highest BCUT2D eigenvalue weighted by atomic mass is 31.3. The van der Waals surface area contributed by atoms with Crippen molar-refractivity contribution in [2.24, 2.45) is 5.11 Å². The van der Waals surface area contributed by atoms with E-state index in [1.54, 1.807) is 0 Å². The molecule has 3 heterocycles. The van der Waals surface area contributed by atoms with Crippen molar-refractivity contribution in [1.82, 2.24) is 19.5 Å². The van der Waals surface area contributed by atoms with E-state index in [1.165, 1.54) is 10.9 Å². The van der Waals surface area contributed by atoms with Crippen LogP contribution in [0.3, 0.4) is 0 Å². The van der Waals surface area contributed by atoms with E-state index in [0.717, 1.165) is 6.33 Å². The van der Waals surface area contributed by atoms with Gasteiger partial charge in [0.05, 0.1) is 19.1 Å². The molecule has 0 amide bonds. The Bertz CT molecular complexity index is 1270. The smallest absolute Gasteiger partial charge is 0.387 e. The quantitative estimate of drug-likeness (QED) is 0.0894. The molecule has 7 atom stereocenters.